The number of furan rings is 1. The van der Waals surface area contributed by atoms with Crippen LogP contribution in [0.25, 0.3) is 11.5 Å². The van der Waals surface area contributed by atoms with E-state index in [-0.39, 0.29) is 41.3 Å². The first-order chi connectivity index (χ1) is 17.2. The van der Waals surface area contributed by atoms with Crippen LogP contribution in [0.15, 0.2) is 45.8 Å². The van der Waals surface area contributed by atoms with E-state index in [9.17, 15) is 17.6 Å². The minimum atomic E-state index is -4.61. The number of halogens is 4. The Morgan fingerprint density at radius 2 is 1.75 bits per heavy atom. The van der Waals surface area contributed by atoms with Gasteiger partial charge in [-0.3, -0.25) is 4.90 Å². The molecule has 2 N–H and O–H groups in total. The maximum Gasteiger partial charge on any atom is 0.431 e. The lowest BCUT2D eigenvalue weighted by molar-refractivity contribution is -0.0597. The molecule has 0 saturated carbocycles. The SMILES string of the molecule is Cc1ccc(-c2nc(N)nc3c2N=C(C(F)(F)F)CN3CCN2CCN(c3ccccc3F)CC2)o1. The number of aromatic nitrogens is 2. The number of rotatable bonds is 5. The van der Waals surface area contributed by atoms with E-state index in [0.717, 1.165) is 0 Å². The zero-order chi connectivity index (χ0) is 25.4. The fraction of sp³-hybridized carbons (Fsp3) is 0.375. The Morgan fingerprint density at radius 3 is 2.42 bits per heavy atom. The van der Waals surface area contributed by atoms with E-state index in [1.807, 2.05) is 4.90 Å². The second kappa shape index (κ2) is 9.41. The Bertz CT molecular complexity index is 1280. The molecular formula is C24H25F4N7O. The van der Waals surface area contributed by atoms with Crippen LogP contribution in [0.4, 0.5) is 40.7 Å². The number of nitrogens with two attached hydrogens (primary N) is 1. The molecule has 4 heterocycles. The molecule has 12 heteroatoms. The Labute approximate surface area is 205 Å². The first kappa shape index (κ1) is 24.0. The molecule has 36 heavy (non-hydrogen) atoms. The monoisotopic (exact) mass is 503 g/mol. The van der Waals surface area contributed by atoms with Gasteiger partial charge in [-0.15, -0.1) is 0 Å². The fourth-order valence-electron chi connectivity index (χ4n) is 4.46. The van der Waals surface area contributed by atoms with Gasteiger partial charge in [-0.25, -0.2) is 14.4 Å². The summed E-state index contributed by atoms with van der Waals surface area (Å²) in [7, 11) is 0. The van der Waals surface area contributed by atoms with Gasteiger partial charge in [0.05, 0.1) is 12.2 Å². The minimum Gasteiger partial charge on any atom is -0.460 e. The number of nitrogen functional groups attached to an aromatic ring is 1. The lowest BCUT2D eigenvalue weighted by atomic mass is 10.2. The maximum absolute atomic E-state index is 14.1. The zero-order valence-electron chi connectivity index (χ0n) is 19.6. The number of alkyl halides is 3. The van der Waals surface area contributed by atoms with Gasteiger partial charge in [0.25, 0.3) is 0 Å². The highest BCUT2D eigenvalue weighted by Gasteiger charge is 2.41. The molecule has 2 aliphatic heterocycles. The van der Waals surface area contributed by atoms with Gasteiger partial charge >= 0.3 is 6.18 Å². The van der Waals surface area contributed by atoms with Gasteiger partial charge in [0.15, 0.2) is 11.6 Å². The Balaban J connectivity index is 1.35. The molecule has 0 atom stereocenters. The van der Waals surface area contributed by atoms with Crippen molar-refractivity contribution in [2.24, 2.45) is 4.99 Å². The van der Waals surface area contributed by atoms with Crippen LogP contribution in [0.1, 0.15) is 5.76 Å². The van der Waals surface area contributed by atoms with Crippen molar-refractivity contribution in [2.45, 2.75) is 13.1 Å². The summed E-state index contributed by atoms with van der Waals surface area (Å²) in [6.45, 7) is 4.58. The molecule has 1 fully saturated rings. The van der Waals surface area contributed by atoms with Crippen LogP contribution >= 0.6 is 0 Å². The molecule has 0 aliphatic carbocycles. The summed E-state index contributed by atoms with van der Waals surface area (Å²) in [5.41, 5.74) is 5.66. The van der Waals surface area contributed by atoms with Crippen molar-refractivity contribution in [2.75, 3.05) is 61.3 Å². The maximum atomic E-state index is 14.1. The highest BCUT2D eigenvalue weighted by Crippen LogP contribution is 2.41. The lowest BCUT2D eigenvalue weighted by Crippen LogP contribution is -2.50. The summed E-state index contributed by atoms with van der Waals surface area (Å²) in [5.74, 6) is 0.749. The molecular weight excluding hydrogens is 478 g/mol. The molecule has 2 aromatic heterocycles. The van der Waals surface area contributed by atoms with Crippen LogP contribution in [0, 0.1) is 12.7 Å². The van der Waals surface area contributed by atoms with Gasteiger partial charge in [0, 0.05) is 39.3 Å². The standard InChI is InChI=1S/C24H25F4N7O/c1-15-6-7-18(36-15)20-21-22(32-23(29)31-20)35(14-19(30-21)24(26,27)28)13-10-33-8-11-34(12-9-33)17-5-3-2-4-16(17)25/h2-7H,8-14H2,1H3,(H2,29,31,32). The van der Waals surface area contributed by atoms with E-state index in [0.29, 0.717) is 44.2 Å². The van der Waals surface area contributed by atoms with Crippen molar-refractivity contribution in [3.63, 3.8) is 0 Å². The molecule has 0 spiro atoms. The number of hydrogen-bond acceptors (Lipinski definition) is 8. The number of fused-ring (bicyclic) bond motifs is 1. The van der Waals surface area contributed by atoms with Gasteiger partial charge in [0.1, 0.15) is 28.7 Å². The van der Waals surface area contributed by atoms with Gasteiger partial charge < -0.3 is 20.0 Å². The van der Waals surface area contributed by atoms with E-state index in [2.05, 4.69) is 19.9 Å². The van der Waals surface area contributed by atoms with Gasteiger partial charge in [-0.2, -0.15) is 18.2 Å². The number of anilines is 3. The van der Waals surface area contributed by atoms with E-state index in [1.54, 1.807) is 37.3 Å². The molecule has 0 amide bonds. The molecule has 3 aromatic rings. The van der Waals surface area contributed by atoms with Crippen molar-refractivity contribution in [3.8, 4) is 11.5 Å². The van der Waals surface area contributed by atoms with Crippen LogP contribution in [-0.2, 0) is 0 Å². The molecule has 0 bridgehead atoms. The highest BCUT2D eigenvalue weighted by atomic mass is 19.4. The molecule has 0 radical (unpaired) electrons. The summed E-state index contributed by atoms with van der Waals surface area (Å²) in [4.78, 5) is 17.9. The molecule has 0 unspecified atom stereocenters. The van der Waals surface area contributed by atoms with Crippen molar-refractivity contribution < 1.29 is 22.0 Å². The van der Waals surface area contributed by atoms with Crippen LogP contribution < -0.4 is 15.5 Å². The van der Waals surface area contributed by atoms with E-state index < -0.39 is 18.4 Å². The smallest absolute Gasteiger partial charge is 0.431 e. The van der Waals surface area contributed by atoms with Gasteiger partial charge in [-0.1, -0.05) is 12.1 Å². The van der Waals surface area contributed by atoms with Crippen molar-refractivity contribution in [1.82, 2.24) is 14.9 Å². The number of piperazine rings is 1. The van der Waals surface area contributed by atoms with Crippen LogP contribution in [0.5, 0.6) is 0 Å². The third-order valence-corrected chi connectivity index (χ3v) is 6.32. The second-order valence-corrected chi connectivity index (χ2v) is 8.77. The van der Waals surface area contributed by atoms with Crippen molar-refractivity contribution in [1.29, 1.82) is 0 Å². The predicted octanol–water partition coefficient (Wildman–Crippen LogP) is 4.04. The van der Waals surface area contributed by atoms with E-state index in [1.165, 1.54) is 11.0 Å². The number of nitrogens with zero attached hydrogens (tertiary/aromatic N) is 6. The Hall–Kier alpha value is -3.67. The highest BCUT2D eigenvalue weighted by molar-refractivity contribution is 6.01. The second-order valence-electron chi connectivity index (χ2n) is 8.77. The molecule has 1 saturated heterocycles. The Kier molecular flexibility index (Phi) is 6.29. The summed E-state index contributed by atoms with van der Waals surface area (Å²) in [5, 5.41) is 0. The lowest BCUT2D eigenvalue weighted by Gasteiger charge is -2.38. The largest absolute Gasteiger partial charge is 0.460 e. The molecule has 1 aromatic carbocycles. The Morgan fingerprint density at radius 1 is 1.00 bits per heavy atom. The molecule has 190 valence electrons. The third kappa shape index (κ3) is 4.85. The van der Waals surface area contributed by atoms with Gasteiger partial charge in [0.2, 0.25) is 5.95 Å². The van der Waals surface area contributed by atoms with E-state index in [4.69, 9.17) is 10.2 Å². The number of para-hydroxylation sites is 1. The summed E-state index contributed by atoms with van der Waals surface area (Å²) in [6, 6.07) is 9.93. The minimum absolute atomic E-state index is 0.0125. The topological polar surface area (TPSA) is 87.0 Å². The fourth-order valence-corrected chi connectivity index (χ4v) is 4.46. The average molecular weight is 504 g/mol. The van der Waals surface area contributed by atoms with Gasteiger partial charge in [-0.05, 0) is 31.2 Å². The summed E-state index contributed by atoms with van der Waals surface area (Å²) in [6.07, 6.45) is -4.61. The zero-order valence-corrected chi connectivity index (χ0v) is 19.6. The number of hydrogen-bond donors (Lipinski definition) is 1. The van der Waals surface area contributed by atoms with Crippen molar-refractivity contribution in [3.05, 3.63) is 48.0 Å². The molecule has 5 rings (SSSR count). The quantitative estimate of drug-likeness (QED) is 0.526. The number of aryl methyl sites for hydroxylation is 1. The molecule has 2 aliphatic rings. The number of benzene rings is 1. The first-order valence-corrected chi connectivity index (χ1v) is 11.5. The molecule has 8 nitrogen and oxygen atoms in total. The third-order valence-electron chi connectivity index (χ3n) is 6.32. The number of aliphatic imine (C=N–C) groups is 1. The normalized spacial score (nSPS) is 16.8. The first-order valence-electron chi connectivity index (χ1n) is 11.5. The van der Waals surface area contributed by atoms with Crippen molar-refractivity contribution >= 4 is 28.9 Å². The van der Waals surface area contributed by atoms with Crippen LogP contribution in [0.3, 0.4) is 0 Å². The summed E-state index contributed by atoms with van der Waals surface area (Å²) >= 11 is 0. The van der Waals surface area contributed by atoms with Crippen LogP contribution in [-0.4, -0.2) is 72.6 Å². The van der Waals surface area contributed by atoms with Crippen LogP contribution in [0.2, 0.25) is 0 Å². The predicted molar refractivity (Wildman–Crippen MR) is 129 cm³/mol. The van der Waals surface area contributed by atoms with E-state index >= 15 is 0 Å². The summed E-state index contributed by atoms with van der Waals surface area (Å²) < 4.78 is 61.0. The average Bonchev–Trinajstić information content (AvgIpc) is 3.28.